The third-order valence-corrected chi connectivity index (χ3v) is 6.05. The van der Waals surface area contributed by atoms with Gasteiger partial charge in [0.2, 0.25) is 0 Å². The van der Waals surface area contributed by atoms with Crippen LogP contribution in [-0.4, -0.2) is 51.8 Å². The third kappa shape index (κ3) is 3.49. The van der Waals surface area contributed by atoms with Crippen LogP contribution in [0.25, 0.3) is 0 Å². The molecule has 29 heavy (non-hydrogen) atoms. The molecule has 1 aliphatic rings. The SMILES string of the molecule is CN1C(=S)N(C)[C@](O)(C(F)(F)F)[C@@H](C(=O)c2ccccc2)[C@@H]1c1ccc(Cl)cc1. The van der Waals surface area contributed by atoms with Crippen molar-refractivity contribution in [2.24, 2.45) is 5.92 Å². The second-order valence-electron chi connectivity index (χ2n) is 6.88. The number of ketones is 1. The molecule has 1 saturated heterocycles. The lowest BCUT2D eigenvalue weighted by Crippen LogP contribution is -2.72. The fourth-order valence-electron chi connectivity index (χ4n) is 3.70. The standard InChI is InChI=1S/C20H18ClF3N2O2S/c1-25-16(12-8-10-14(21)11-9-12)15(17(27)13-6-4-3-5-7-13)19(28,20(22,23)24)26(2)18(25)29/h3-11,15-16,28H,1-2H3/t15-,16+,19-/m1/s1. The molecular weight excluding hydrogens is 425 g/mol. The van der Waals surface area contributed by atoms with E-state index in [1.54, 1.807) is 18.2 Å². The van der Waals surface area contributed by atoms with Gasteiger partial charge >= 0.3 is 6.18 Å². The Labute approximate surface area is 176 Å². The lowest BCUT2D eigenvalue weighted by molar-refractivity contribution is -0.324. The smallest absolute Gasteiger partial charge is 0.363 e. The molecule has 2 aromatic carbocycles. The zero-order chi connectivity index (χ0) is 21.6. The summed E-state index contributed by atoms with van der Waals surface area (Å²) in [6.07, 6.45) is -5.15. The normalized spacial score (nSPS) is 25.3. The molecule has 4 nitrogen and oxygen atoms in total. The summed E-state index contributed by atoms with van der Waals surface area (Å²) in [6, 6.07) is 12.5. The summed E-state index contributed by atoms with van der Waals surface area (Å²) in [5.74, 6) is -2.74. The van der Waals surface area contributed by atoms with Gasteiger partial charge in [-0.3, -0.25) is 4.79 Å². The molecule has 0 spiro atoms. The van der Waals surface area contributed by atoms with E-state index in [0.717, 1.165) is 7.05 Å². The van der Waals surface area contributed by atoms with Crippen LogP contribution in [-0.2, 0) is 0 Å². The molecule has 9 heteroatoms. The first kappa shape index (κ1) is 21.5. The molecule has 0 aliphatic carbocycles. The van der Waals surface area contributed by atoms with Crippen LogP contribution in [0.1, 0.15) is 22.0 Å². The first-order chi connectivity index (χ1) is 13.5. The van der Waals surface area contributed by atoms with Crippen LogP contribution in [0.15, 0.2) is 54.6 Å². The molecule has 154 valence electrons. The quantitative estimate of drug-likeness (QED) is 0.567. The summed E-state index contributed by atoms with van der Waals surface area (Å²) in [6.45, 7) is 0. The predicted octanol–water partition coefficient (Wildman–Crippen LogP) is 4.29. The summed E-state index contributed by atoms with van der Waals surface area (Å²) in [5.41, 5.74) is -3.05. The van der Waals surface area contributed by atoms with Gasteiger partial charge in [-0.05, 0) is 29.9 Å². The summed E-state index contributed by atoms with van der Waals surface area (Å²) in [4.78, 5) is 15.3. The van der Waals surface area contributed by atoms with E-state index < -0.39 is 29.6 Å². The lowest BCUT2D eigenvalue weighted by Gasteiger charge is -2.54. The van der Waals surface area contributed by atoms with Crippen molar-refractivity contribution in [2.75, 3.05) is 14.1 Å². The highest BCUT2D eigenvalue weighted by Crippen LogP contribution is 2.50. The molecule has 0 unspecified atom stereocenters. The van der Waals surface area contributed by atoms with Crippen LogP contribution in [0, 0.1) is 5.92 Å². The maximum absolute atomic E-state index is 14.2. The highest BCUT2D eigenvalue weighted by molar-refractivity contribution is 7.80. The molecule has 0 radical (unpaired) electrons. The van der Waals surface area contributed by atoms with Crippen molar-refractivity contribution in [1.82, 2.24) is 9.80 Å². The minimum absolute atomic E-state index is 0.0637. The Morgan fingerprint density at radius 3 is 2.17 bits per heavy atom. The lowest BCUT2D eigenvalue weighted by atomic mass is 9.76. The monoisotopic (exact) mass is 442 g/mol. The third-order valence-electron chi connectivity index (χ3n) is 5.24. The van der Waals surface area contributed by atoms with Crippen LogP contribution in [0.3, 0.4) is 0 Å². The Balaban J connectivity index is 2.26. The summed E-state index contributed by atoms with van der Waals surface area (Å²) in [5, 5.41) is 11.1. The van der Waals surface area contributed by atoms with E-state index in [2.05, 4.69) is 0 Å². The number of carbonyl (C=O) groups is 1. The molecule has 0 saturated carbocycles. The minimum Gasteiger partial charge on any atom is -0.363 e. The Hall–Kier alpha value is -2.16. The molecular formula is C20H18ClF3N2O2S. The molecule has 3 atom stereocenters. The maximum Gasteiger partial charge on any atom is 0.437 e. The van der Waals surface area contributed by atoms with E-state index >= 15 is 0 Å². The Morgan fingerprint density at radius 1 is 1.10 bits per heavy atom. The van der Waals surface area contributed by atoms with Crippen molar-refractivity contribution in [3.8, 4) is 0 Å². The number of alkyl halides is 3. The number of rotatable bonds is 3. The number of nitrogens with zero attached hydrogens (tertiary/aromatic N) is 2. The molecule has 1 aliphatic heterocycles. The summed E-state index contributed by atoms with van der Waals surface area (Å²) < 4.78 is 42.6. The van der Waals surface area contributed by atoms with Crippen LogP contribution >= 0.6 is 23.8 Å². The van der Waals surface area contributed by atoms with Gasteiger partial charge in [0.1, 0.15) is 5.92 Å². The Bertz CT molecular complexity index is 924. The highest BCUT2D eigenvalue weighted by Gasteiger charge is 2.69. The Morgan fingerprint density at radius 2 is 1.66 bits per heavy atom. The van der Waals surface area contributed by atoms with Crippen LogP contribution in [0.5, 0.6) is 0 Å². The number of thiocarbonyl (C=S) groups is 1. The number of hydrogen-bond acceptors (Lipinski definition) is 3. The largest absolute Gasteiger partial charge is 0.437 e. The van der Waals surface area contributed by atoms with E-state index in [1.807, 2.05) is 0 Å². The van der Waals surface area contributed by atoms with E-state index in [0.29, 0.717) is 15.5 Å². The number of carbonyl (C=O) groups excluding carboxylic acids is 1. The predicted molar refractivity (Wildman–Crippen MR) is 108 cm³/mol. The maximum atomic E-state index is 14.2. The van der Waals surface area contributed by atoms with Crippen LogP contribution < -0.4 is 0 Å². The van der Waals surface area contributed by atoms with E-state index in [1.165, 1.54) is 48.3 Å². The van der Waals surface area contributed by atoms with Gasteiger partial charge in [0.15, 0.2) is 10.9 Å². The van der Waals surface area contributed by atoms with Gasteiger partial charge in [-0.15, -0.1) is 0 Å². The number of Topliss-reactive ketones (excluding diaryl/α,β-unsaturated/α-hetero) is 1. The van der Waals surface area contributed by atoms with Gasteiger partial charge < -0.3 is 14.9 Å². The number of hydrogen-bond donors (Lipinski definition) is 1. The fourth-order valence-corrected chi connectivity index (χ4v) is 4.08. The Kier molecular flexibility index (Phi) is 5.64. The zero-order valence-corrected chi connectivity index (χ0v) is 17.1. The van der Waals surface area contributed by atoms with E-state index in [9.17, 15) is 23.1 Å². The second-order valence-corrected chi connectivity index (χ2v) is 7.68. The van der Waals surface area contributed by atoms with Gasteiger partial charge in [0.05, 0.1) is 6.04 Å². The summed E-state index contributed by atoms with van der Waals surface area (Å²) in [7, 11) is 2.54. The fraction of sp³-hybridized carbons (Fsp3) is 0.300. The molecule has 2 aromatic rings. The molecule has 0 bridgehead atoms. The average molecular weight is 443 g/mol. The van der Waals surface area contributed by atoms with Gasteiger partial charge in [-0.25, -0.2) is 0 Å². The molecule has 1 N–H and O–H groups in total. The van der Waals surface area contributed by atoms with Crippen molar-refractivity contribution < 1.29 is 23.1 Å². The van der Waals surface area contributed by atoms with Crippen LogP contribution in [0.2, 0.25) is 5.02 Å². The molecule has 0 aromatic heterocycles. The van der Waals surface area contributed by atoms with E-state index in [4.69, 9.17) is 23.8 Å². The van der Waals surface area contributed by atoms with Crippen LogP contribution in [0.4, 0.5) is 13.2 Å². The molecule has 1 fully saturated rings. The topological polar surface area (TPSA) is 43.8 Å². The molecule has 1 heterocycles. The van der Waals surface area contributed by atoms with Gasteiger partial charge in [0.25, 0.3) is 5.72 Å². The van der Waals surface area contributed by atoms with Crippen molar-refractivity contribution in [2.45, 2.75) is 17.9 Å². The van der Waals surface area contributed by atoms with Crippen molar-refractivity contribution >= 4 is 34.7 Å². The number of benzene rings is 2. The highest BCUT2D eigenvalue weighted by atomic mass is 35.5. The summed E-state index contributed by atoms with van der Waals surface area (Å²) >= 11 is 11.1. The minimum atomic E-state index is -5.15. The van der Waals surface area contributed by atoms with Crippen molar-refractivity contribution in [1.29, 1.82) is 0 Å². The van der Waals surface area contributed by atoms with Gasteiger partial charge in [-0.2, -0.15) is 13.2 Å². The number of halogens is 4. The molecule has 3 rings (SSSR count). The van der Waals surface area contributed by atoms with Crippen molar-refractivity contribution in [3.63, 3.8) is 0 Å². The molecule has 0 amide bonds. The average Bonchev–Trinajstić information content (AvgIpc) is 2.69. The first-order valence-corrected chi connectivity index (χ1v) is 9.43. The zero-order valence-electron chi connectivity index (χ0n) is 15.5. The number of aliphatic hydroxyl groups is 1. The van der Waals surface area contributed by atoms with Gasteiger partial charge in [-0.1, -0.05) is 54.1 Å². The second kappa shape index (κ2) is 7.59. The van der Waals surface area contributed by atoms with E-state index in [-0.39, 0.29) is 10.7 Å². The van der Waals surface area contributed by atoms with Gasteiger partial charge in [0, 0.05) is 24.7 Å². The first-order valence-electron chi connectivity index (χ1n) is 8.64. The van der Waals surface area contributed by atoms with Crippen molar-refractivity contribution in [3.05, 3.63) is 70.7 Å².